The fourth-order valence-corrected chi connectivity index (χ4v) is 2.86. The first-order chi connectivity index (χ1) is 11.7. The van der Waals surface area contributed by atoms with E-state index in [0.29, 0.717) is 11.4 Å². The number of allylic oxidation sites excluding steroid dienone is 1. The van der Waals surface area contributed by atoms with Crippen LogP contribution in [-0.2, 0) is 17.8 Å². The maximum absolute atomic E-state index is 11.1. The molecule has 0 atom stereocenters. The number of carbonyl (C=O) groups excluding carboxylic acids is 1. The van der Waals surface area contributed by atoms with Crippen molar-refractivity contribution < 1.29 is 4.79 Å². The van der Waals surface area contributed by atoms with E-state index in [1.54, 1.807) is 6.08 Å². The van der Waals surface area contributed by atoms with E-state index in [-0.39, 0.29) is 5.91 Å². The van der Waals surface area contributed by atoms with Crippen molar-refractivity contribution in [1.29, 1.82) is 5.26 Å². The Morgan fingerprint density at radius 3 is 2.75 bits per heavy atom. The second-order valence-electron chi connectivity index (χ2n) is 5.88. The first-order valence-electron chi connectivity index (χ1n) is 8.09. The second-order valence-corrected chi connectivity index (χ2v) is 5.88. The van der Waals surface area contributed by atoms with Gasteiger partial charge in [0.15, 0.2) is 5.82 Å². The van der Waals surface area contributed by atoms with E-state index in [2.05, 4.69) is 26.2 Å². The Labute approximate surface area is 140 Å². The molecule has 24 heavy (non-hydrogen) atoms. The van der Waals surface area contributed by atoms with E-state index >= 15 is 0 Å². The molecule has 6 heteroatoms. The van der Waals surface area contributed by atoms with Gasteiger partial charge >= 0.3 is 0 Å². The molecular weight excluding hydrogens is 302 g/mol. The lowest BCUT2D eigenvalue weighted by Crippen LogP contribution is -2.05. The highest BCUT2D eigenvalue weighted by Crippen LogP contribution is 2.22. The Hall–Kier alpha value is -2.94. The molecule has 2 heterocycles. The number of nitriles is 1. The van der Waals surface area contributed by atoms with E-state index in [0.717, 1.165) is 42.9 Å². The maximum atomic E-state index is 11.1. The van der Waals surface area contributed by atoms with Gasteiger partial charge in [-0.05, 0) is 36.6 Å². The average Bonchev–Trinajstić information content (AvgIpc) is 2.82. The van der Waals surface area contributed by atoms with Gasteiger partial charge in [0, 0.05) is 25.6 Å². The monoisotopic (exact) mass is 321 g/mol. The van der Waals surface area contributed by atoms with Crippen LogP contribution in [0.25, 0.3) is 11.6 Å². The van der Waals surface area contributed by atoms with Crippen LogP contribution < -0.4 is 5.32 Å². The van der Waals surface area contributed by atoms with Crippen molar-refractivity contribution in [1.82, 2.24) is 14.8 Å². The van der Waals surface area contributed by atoms with Crippen LogP contribution in [0.4, 0.5) is 5.69 Å². The molecular formula is C18H19N5O. The van der Waals surface area contributed by atoms with Crippen molar-refractivity contribution in [3.05, 3.63) is 41.5 Å². The number of aryl methyl sites for hydroxylation is 1. The Morgan fingerprint density at radius 1 is 1.25 bits per heavy atom. The van der Waals surface area contributed by atoms with Crippen molar-refractivity contribution in [3.63, 3.8) is 0 Å². The van der Waals surface area contributed by atoms with Crippen LogP contribution in [0.3, 0.4) is 0 Å². The SMILES string of the molecule is CC(=O)Nc1ccc(C=C(C#N)c2nnc3n2CCCCC3)cc1. The Kier molecular flexibility index (Phi) is 4.71. The van der Waals surface area contributed by atoms with Gasteiger partial charge in [-0.1, -0.05) is 18.6 Å². The number of benzene rings is 1. The van der Waals surface area contributed by atoms with Gasteiger partial charge in [-0.2, -0.15) is 5.26 Å². The molecule has 0 radical (unpaired) electrons. The zero-order valence-electron chi connectivity index (χ0n) is 13.6. The Balaban J connectivity index is 1.89. The molecule has 1 aliphatic rings. The molecule has 1 aromatic carbocycles. The molecule has 0 saturated carbocycles. The lowest BCUT2D eigenvalue weighted by atomic mass is 10.1. The molecule has 1 aliphatic heterocycles. The van der Waals surface area contributed by atoms with Crippen LogP contribution in [-0.4, -0.2) is 20.7 Å². The highest BCUT2D eigenvalue weighted by molar-refractivity contribution is 5.90. The van der Waals surface area contributed by atoms with Crippen molar-refractivity contribution in [3.8, 4) is 6.07 Å². The van der Waals surface area contributed by atoms with Gasteiger partial charge in [-0.15, -0.1) is 10.2 Å². The summed E-state index contributed by atoms with van der Waals surface area (Å²) >= 11 is 0. The summed E-state index contributed by atoms with van der Waals surface area (Å²) in [5, 5.41) is 20.7. The Morgan fingerprint density at radius 2 is 2.04 bits per heavy atom. The molecule has 0 spiro atoms. The van der Waals surface area contributed by atoms with Gasteiger partial charge in [0.05, 0.1) is 5.57 Å². The van der Waals surface area contributed by atoms with Gasteiger partial charge in [0.1, 0.15) is 11.9 Å². The molecule has 0 fully saturated rings. The molecule has 0 aliphatic carbocycles. The minimum atomic E-state index is -0.109. The molecule has 0 unspecified atom stereocenters. The molecule has 3 rings (SSSR count). The van der Waals surface area contributed by atoms with E-state index in [1.807, 2.05) is 24.3 Å². The van der Waals surface area contributed by atoms with Crippen LogP contribution >= 0.6 is 0 Å². The summed E-state index contributed by atoms with van der Waals surface area (Å²) in [6.45, 7) is 2.33. The second kappa shape index (κ2) is 7.09. The predicted octanol–water partition coefficient (Wildman–Crippen LogP) is 3.03. The third-order valence-electron chi connectivity index (χ3n) is 4.01. The van der Waals surface area contributed by atoms with Crippen LogP contribution in [0, 0.1) is 11.3 Å². The van der Waals surface area contributed by atoms with Gasteiger partial charge in [0.25, 0.3) is 0 Å². The van der Waals surface area contributed by atoms with E-state index in [4.69, 9.17) is 0 Å². The number of carbonyl (C=O) groups is 1. The molecule has 6 nitrogen and oxygen atoms in total. The van der Waals surface area contributed by atoms with Crippen LogP contribution in [0.2, 0.25) is 0 Å². The molecule has 1 amide bonds. The first-order valence-corrected chi connectivity index (χ1v) is 8.09. The normalized spacial score (nSPS) is 14.4. The standard InChI is InChI=1S/C18H19N5O/c1-13(24)20-16-8-6-14(7-9-16)11-15(12-19)18-22-21-17-5-3-2-4-10-23(17)18/h6-9,11H,2-5,10H2,1H3,(H,20,24). The number of anilines is 1. The number of amides is 1. The molecule has 122 valence electrons. The summed E-state index contributed by atoms with van der Waals surface area (Å²) in [4.78, 5) is 11.1. The topological polar surface area (TPSA) is 83.6 Å². The fourth-order valence-electron chi connectivity index (χ4n) is 2.86. The van der Waals surface area contributed by atoms with Gasteiger partial charge < -0.3 is 9.88 Å². The molecule has 0 saturated heterocycles. The van der Waals surface area contributed by atoms with Crippen molar-refractivity contribution in [2.24, 2.45) is 0 Å². The highest BCUT2D eigenvalue weighted by atomic mass is 16.1. The van der Waals surface area contributed by atoms with Crippen LogP contribution in [0.15, 0.2) is 24.3 Å². The predicted molar refractivity (Wildman–Crippen MR) is 91.8 cm³/mol. The Bertz CT molecular complexity index is 811. The smallest absolute Gasteiger partial charge is 0.221 e. The van der Waals surface area contributed by atoms with Gasteiger partial charge in [0.2, 0.25) is 5.91 Å². The van der Waals surface area contributed by atoms with Crippen molar-refractivity contribution in [2.75, 3.05) is 5.32 Å². The number of fused-ring (bicyclic) bond motifs is 1. The number of hydrogen-bond donors (Lipinski definition) is 1. The molecule has 2 aromatic rings. The summed E-state index contributed by atoms with van der Waals surface area (Å²) in [5.74, 6) is 1.49. The minimum Gasteiger partial charge on any atom is -0.326 e. The fraction of sp³-hybridized carbons (Fsp3) is 0.333. The minimum absolute atomic E-state index is 0.109. The number of hydrogen-bond acceptors (Lipinski definition) is 4. The lowest BCUT2D eigenvalue weighted by Gasteiger charge is -2.06. The number of nitrogens with zero attached hydrogens (tertiary/aromatic N) is 4. The number of rotatable bonds is 3. The zero-order valence-corrected chi connectivity index (χ0v) is 13.6. The number of nitrogens with one attached hydrogen (secondary N) is 1. The van der Waals surface area contributed by atoms with E-state index < -0.39 is 0 Å². The first kappa shape index (κ1) is 15.9. The van der Waals surface area contributed by atoms with Crippen LogP contribution in [0.1, 0.15) is 43.4 Å². The van der Waals surface area contributed by atoms with E-state index in [9.17, 15) is 10.1 Å². The summed E-state index contributed by atoms with van der Waals surface area (Å²) in [7, 11) is 0. The summed E-state index contributed by atoms with van der Waals surface area (Å²) in [5.41, 5.74) is 2.11. The third-order valence-corrected chi connectivity index (χ3v) is 4.01. The molecule has 1 aromatic heterocycles. The largest absolute Gasteiger partial charge is 0.326 e. The van der Waals surface area contributed by atoms with E-state index in [1.165, 1.54) is 13.3 Å². The quantitative estimate of drug-likeness (QED) is 0.881. The van der Waals surface area contributed by atoms with Gasteiger partial charge in [-0.25, -0.2) is 0 Å². The lowest BCUT2D eigenvalue weighted by molar-refractivity contribution is -0.114. The zero-order chi connectivity index (χ0) is 16.9. The third kappa shape index (κ3) is 3.51. The summed E-state index contributed by atoms with van der Waals surface area (Å²) < 4.78 is 2.06. The van der Waals surface area contributed by atoms with Crippen LogP contribution in [0.5, 0.6) is 0 Å². The van der Waals surface area contributed by atoms with Crippen molar-refractivity contribution >= 4 is 23.2 Å². The number of aromatic nitrogens is 3. The molecule has 0 bridgehead atoms. The highest BCUT2D eigenvalue weighted by Gasteiger charge is 2.17. The molecule has 1 N–H and O–H groups in total. The average molecular weight is 321 g/mol. The summed E-state index contributed by atoms with van der Waals surface area (Å²) in [6.07, 6.45) is 6.10. The van der Waals surface area contributed by atoms with Gasteiger partial charge in [-0.3, -0.25) is 4.79 Å². The summed E-state index contributed by atoms with van der Waals surface area (Å²) in [6, 6.07) is 9.59. The maximum Gasteiger partial charge on any atom is 0.221 e. The van der Waals surface area contributed by atoms with Crippen molar-refractivity contribution in [2.45, 2.75) is 39.2 Å².